The second-order valence-electron chi connectivity index (χ2n) is 4.78. The number of halogens is 1. The molecule has 22 heavy (non-hydrogen) atoms. The predicted octanol–water partition coefficient (Wildman–Crippen LogP) is 3.26. The summed E-state index contributed by atoms with van der Waals surface area (Å²) in [4.78, 5) is -0.128. The van der Waals surface area contributed by atoms with Gasteiger partial charge in [-0.3, -0.25) is 0 Å². The molecule has 0 aromatic heterocycles. The fraction of sp³-hybridized carbons (Fsp3) is 0.250. The van der Waals surface area contributed by atoms with E-state index in [0.29, 0.717) is 6.61 Å². The number of ether oxygens (including phenoxy) is 1. The van der Waals surface area contributed by atoms with Crippen LogP contribution in [0.3, 0.4) is 0 Å². The van der Waals surface area contributed by atoms with E-state index in [1.807, 2.05) is 30.3 Å². The SMILES string of the molecule is CCOc1ccc(S(=O)(=O)NC(C)c2ccccc2)cc1F. The number of benzene rings is 2. The van der Waals surface area contributed by atoms with Gasteiger partial charge in [0, 0.05) is 6.04 Å². The number of hydrogen-bond donors (Lipinski definition) is 1. The summed E-state index contributed by atoms with van der Waals surface area (Å²) in [5.74, 6) is -0.658. The van der Waals surface area contributed by atoms with Gasteiger partial charge in [-0.05, 0) is 37.6 Å². The van der Waals surface area contributed by atoms with E-state index in [9.17, 15) is 12.8 Å². The molecular weight excluding hydrogens is 305 g/mol. The van der Waals surface area contributed by atoms with Crippen molar-refractivity contribution in [3.8, 4) is 5.75 Å². The normalized spacial score (nSPS) is 12.9. The zero-order chi connectivity index (χ0) is 16.2. The summed E-state index contributed by atoms with van der Waals surface area (Å²) < 4.78 is 46.0. The Kier molecular flexibility index (Phi) is 5.15. The van der Waals surface area contributed by atoms with Gasteiger partial charge >= 0.3 is 0 Å². The van der Waals surface area contributed by atoms with Crippen LogP contribution in [0, 0.1) is 5.82 Å². The van der Waals surface area contributed by atoms with Crippen molar-refractivity contribution in [2.24, 2.45) is 0 Å². The Balaban J connectivity index is 2.22. The summed E-state index contributed by atoms with van der Waals surface area (Å²) >= 11 is 0. The molecule has 4 nitrogen and oxygen atoms in total. The highest BCUT2D eigenvalue weighted by Crippen LogP contribution is 2.22. The highest BCUT2D eigenvalue weighted by Gasteiger charge is 2.20. The molecule has 118 valence electrons. The van der Waals surface area contributed by atoms with E-state index < -0.39 is 21.9 Å². The number of sulfonamides is 1. The fourth-order valence-corrected chi connectivity index (χ4v) is 3.28. The average Bonchev–Trinajstić information content (AvgIpc) is 2.50. The monoisotopic (exact) mass is 323 g/mol. The second-order valence-corrected chi connectivity index (χ2v) is 6.49. The quantitative estimate of drug-likeness (QED) is 0.888. The van der Waals surface area contributed by atoms with Crippen LogP contribution in [0.4, 0.5) is 4.39 Å². The van der Waals surface area contributed by atoms with E-state index in [0.717, 1.165) is 11.6 Å². The maximum absolute atomic E-state index is 13.8. The van der Waals surface area contributed by atoms with Crippen LogP contribution < -0.4 is 9.46 Å². The maximum atomic E-state index is 13.8. The summed E-state index contributed by atoms with van der Waals surface area (Å²) in [7, 11) is -3.81. The largest absolute Gasteiger partial charge is 0.491 e. The molecule has 0 saturated carbocycles. The number of nitrogens with one attached hydrogen (secondary N) is 1. The van der Waals surface area contributed by atoms with Gasteiger partial charge in [0.25, 0.3) is 0 Å². The third-order valence-corrected chi connectivity index (χ3v) is 4.68. The molecule has 1 N–H and O–H groups in total. The van der Waals surface area contributed by atoms with Crippen LogP contribution in [-0.4, -0.2) is 15.0 Å². The lowest BCUT2D eigenvalue weighted by Crippen LogP contribution is -2.27. The molecule has 2 aromatic carbocycles. The molecule has 6 heteroatoms. The van der Waals surface area contributed by atoms with Crippen LogP contribution in [0.25, 0.3) is 0 Å². The second kappa shape index (κ2) is 6.89. The predicted molar refractivity (Wildman–Crippen MR) is 82.7 cm³/mol. The van der Waals surface area contributed by atoms with E-state index in [1.165, 1.54) is 12.1 Å². The lowest BCUT2D eigenvalue weighted by atomic mass is 10.1. The smallest absolute Gasteiger partial charge is 0.241 e. The zero-order valence-electron chi connectivity index (χ0n) is 12.4. The van der Waals surface area contributed by atoms with E-state index in [1.54, 1.807) is 13.8 Å². The van der Waals surface area contributed by atoms with Gasteiger partial charge in [-0.1, -0.05) is 30.3 Å². The molecule has 0 amide bonds. The van der Waals surface area contributed by atoms with E-state index in [4.69, 9.17) is 4.74 Å². The van der Waals surface area contributed by atoms with Gasteiger partial charge in [0.1, 0.15) is 0 Å². The van der Waals surface area contributed by atoms with Gasteiger partial charge in [0.05, 0.1) is 11.5 Å². The molecule has 0 bridgehead atoms. The standard InChI is InChI=1S/C16H18FNO3S/c1-3-21-16-10-9-14(11-15(16)17)22(19,20)18-12(2)13-7-5-4-6-8-13/h4-12,18H,3H2,1-2H3. The van der Waals surface area contributed by atoms with Crippen LogP contribution in [0.5, 0.6) is 5.75 Å². The molecular formula is C16H18FNO3S. The molecule has 0 aliphatic rings. The average molecular weight is 323 g/mol. The van der Waals surface area contributed by atoms with Gasteiger partial charge < -0.3 is 4.74 Å². The molecule has 0 aliphatic heterocycles. The summed E-state index contributed by atoms with van der Waals surface area (Å²) in [5.41, 5.74) is 0.831. The third-order valence-electron chi connectivity index (χ3n) is 3.14. The van der Waals surface area contributed by atoms with Gasteiger partial charge in [-0.2, -0.15) is 0 Å². The molecule has 0 fully saturated rings. The molecule has 0 saturated heterocycles. The highest BCUT2D eigenvalue weighted by molar-refractivity contribution is 7.89. The van der Waals surface area contributed by atoms with Crippen molar-refractivity contribution in [2.75, 3.05) is 6.61 Å². The first-order chi connectivity index (χ1) is 10.4. The Labute approximate surface area is 130 Å². The molecule has 0 spiro atoms. The van der Waals surface area contributed by atoms with Crippen LogP contribution in [0.1, 0.15) is 25.5 Å². The summed E-state index contributed by atoms with van der Waals surface area (Å²) in [6.45, 7) is 3.78. The molecule has 1 atom stereocenters. The van der Waals surface area contributed by atoms with Crippen molar-refractivity contribution in [1.82, 2.24) is 4.72 Å². The lowest BCUT2D eigenvalue weighted by Gasteiger charge is -2.15. The Morgan fingerprint density at radius 1 is 1.18 bits per heavy atom. The van der Waals surface area contributed by atoms with Crippen LogP contribution in [-0.2, 0) is 10.0 Å². The molecule has 0 aliphatic carbocycles. The Morgan fingerprint density at radius 2 is 1.86 bits per heavy atom. The topological polar surface area (TPSA) is 55.4 Å². The van der Waals surface area contributed by atoms with Crippen LogP contribution >= 0.6 is 0 Å². The maximum Gasteiger partial charge on any atom is 0.241 e. The zero-order valence-corrected chi connectivity index (χ0v) is 13.2. The van der Waals surface area contributed by atoms with Crippen molar-refractivity contribution >= 4 is 10.0 Å². The molecule has 2 rings (SSSR count). The fourth-order valence-electron chi connectivity index (χ4n) is 2.03. The molecule has 0 heterocycles. The first kappa shape index (κ1) is 16.5. The van der Waals surface area contributed by atoms with Crippen molar-refractivity contribution in [3.05, 3.63) is 59.9 Å². The van der Waals surface area contributed by atoms with Crippen LogP contribution in [0.2, 0.25) is 0 Å². The van der Waals surface area contributed by atoms with Gasteiger partial charge in [-0.25, -0.2) is 17.5 Å². The number of rotatable bonds is 6. The Hall–Kier alpha value is -1.92. The van der Waals surface area contributed by atoms with Crippen molar-refractivity contribution in [1.29, 1.82) is 0 Å². The van der Waals surface area contributed by atoms with Gasteiger partial charge in [0.15, 0.2) is 11.6 Å². The lowest BCUT2D eigenvalue weighted by molar-refractivity contribution is 0.321. The van der Waals surface area contributed by atoms with E-state index >= 15 is 0 Å². The van der Waals surface area contributed by atoms with Crippen LogP contribution in [0.15, 0.2) is 53.4 Å². The Morgan fingerprint density at radius 3 is 2.45 bits per heavy atom. The van der Waals surface area contributed by atoms with Gasteiger partial charge in [-0.15, -0.1) is 0 Å². The first-order valence-corrected chi connectivity index (χ1v) is 8.42. The minimum absolute atomic E-state index is 0.0394. The number of hydrogen-bond acceptors (Lipinski definition) is 3. The van der Waals surface area contributed by atoms with E-state index in [2.05, 4.69) is 4.72 Å². The van der Waals surface area contributed by atoms with Crippen molar-refractivity contribution in [3.63, 3.8) is 0 Å². The third kappa shape index (κ3) is 3.84. The van der Waals surface area contributed by atoms with Crippen molar-refractivity contribution in [2.45, 2.75) is 24.8 Å². The molecule has 0 radical (unpaired) electrons. The van der Waals surface area contributed by atoms with E-state index in [-0.39, 0.29) is 10.6 Å². The highest BCUT2D eigenvalue weighted by atomic mass is 32.2. The van der Waals surface area contributed by atoms with Crippen molar-refractivity contribution < 1.29 is 17.5 Å². The first-order valence-electron chi connectivity index (χ1n) is 6.93. The molecule has 2 aromatic rings. The summed E-state index contributed by atoms with van der Waals surface area (Å²) in [5, 5.41) is 0. The Bertz CT molecular complexity index is 732. The summed E-state index contributed by atoms with van der Waals surface area (Å²) in [6, 6.07) is 12.4. The minimum atomic E-state index is -3.81. The summed E-state index contributed by atoms with van der Waals surface area (Å²) in [6.07, 6.45) is 0. The minimum Gasteiger partial charge on any atom is -0.491 e. The van der Waals surface area contributed by atoms with Gasteiger partial charge in [0.2, 0.25) is 10.0 Å². The molecule has 1 unspecified atom stereocenters.